The smallest absolute Gasteiger partial charge is 0.342 e. The molecule has 0 radical (unpaired) electrons. The van der Waals surface area contributed by atoms with Gasteiger partial charge in [-0.25, -0.2) is 4.79 Å². The van der Waals surface area contributed by atoms with Crippen LogP contribution in [0.3, 0.4) is 0 Å². The van der Waals surface area contributed by atoms with E-state index in [0.29, 0.717) is 35.3 Å². The van der Waals surface area contributed by atoms with E-state index in [1.54, 1.807) is 6.07 Å². The van der Waals surface area contributed by atoms with Gasteiger partial charge in [-0.05, 0) is 116 Å². The molecule has 0 aliphatic heterocycles. The topological polar surface area (TPSA) is 130 Å². The van der Waals surface area contributed by atoms with E-state index < -0.39 is 11.9 Å². The molecule has 0 spiro atoms. The van der Waals surface area contributed by atoms with Gasteiger partial charge in [0.1, 0.15) is 17.4 Å². The third-order valence-corrected chi connectivity index (χ3v) is 11.7. The van der Waals surface area contributed by atoms with Crippen LogP contribution in [0.25, 0.3) is 0 Å². The summed E-state index contributed by atoms with van der Waals surface area (Å²) in [6, 6.07) is 4.46. The average molecular weight is 528 g/mol. The quantitative estimate of drug-likeness (QED) is 0.279. The van der Waals surface area contributed by atoms with Crippen molar-refractivity contribution in [2.75, 3.05) is 5.73 Å². The minimum atomic E-state index is -0.714. The van der Waals surface area contributed by atoms with E-state index >= 15 is 0 Å². The van der Waals surface area contributed by atoms with Gasteiger partial charge in [0.2, 0.25) is 0 Å². The number of phenols is 1. The lowest BCUT2D eigenvalue weighted by molar-refractivity contribution is -0.174. The number of nitrogens with two attached hydrogens (primary N) is 1. The molecule has 0 amide bonds. The fourth-order valence-electron chi connectivity index (χ4n) is 9.75. The van der Waals surface area contributed by atoms with E-state index in [-0.39, 0.29) is 46.7 Å². The second-order valence-corrected chi connectivity index (χ2v) is 13.5. The molecule has 7 nitrogen and oxygen atoms in total. The molecule has 5 N–H and O–H groups in total. The number of carboxylic acid groups (broad SMARTS) is 1. The van der Waals surface area contributed by atoms with Crippen molar-refractivity contribution in [1.82, 2.24) is 0 Å². The number of hydrogen-bond donors (Lipinski definition) is 4. The number of carbonyl (C=O) groups excluding carboxylic acids is 1. The molecule has 1 aromatic carbocycles. The molecule has 5 rings (SSSR count). The zero-order chi connectivity index (χ0) is 27.4. The van der Waals surface area contributed by atoms with Crippen molar-refractivity contribution in [1.29, 1.82) is 0 Å². The molecule has 10 atom stereocenters. The molecule has 4 saturated carbocycles. The molecule has 4 aliphatic carbocycles. The maximum Gasteiger partial charge on any atom is 0.342 e. The molecule has 0 heterocycles. The molecule has 4 aliphatic rings. The number of hydrogen-bond acceptors (Lipinski definition) is 6. The summed E-state index contributed by atoms with van der Waals surface area (Å²) in [6.45, 7) is 7.07. The van der Waals surface area contributed by atoms with Crippen LogP contribution >= 0.6 is 0 Å². The number of rotatable bonds is 6. The van der Waals surface area contributed by atoms with Gasteiger partial charge in [0.15, 0.2) is 0 Å². The van der Waals surface area contributed by atoms with Gasteiger partial charge in [0.05, 0.1) is 6.10 Å². The highest BCUT2D eigenvalue weighted by molar-refractivity contribution is 5.93. The van der Waals surface area contributed by atoms with E-state index in [2.05, 4.69) is 20.8 Å². The number of benzene rings is 1. The largest absolute Gasteiger partial charge is 0.507 e. The van der Waals surface area contributed by atoms with Crippen molar-refractivity contribution < 1.29 is 29.6 Å². The fourth-order valence-corrected chi connectivity index (χ4v) is 9.75. The van der Waals surface area contributed by atoms with Gasteiger partial charge >= 0.3 is 11.9 Å². The summed E-state index contributed by atoms with van der Waals surface area (Å²) in [5.41, 5.74) is 6.50. The van der Waals surface area contributed by atoms with Crippen LogP contribution in [-0.2, 0) is 9.53 Å². The first kappa shape index (κ1) is 27.3. The van der Waals surface area contributed by atoms with Gasteiger partial charge in [-0.3, -0.25) is 4.79 Å². The minimum absolute atomic E-state index is 0.116. The standard InChI is InChI=1S/C31H45NO6/c1-17(4-9-27(35)36)22-7-8-23-28-24(11-13-31(22,23)3)30(2)12-10-20(14-18(30)15-26(28)34)38-29(37)21-6-5-19(32)16-25(21)33/h5-6,16-18,20,22-24,26,28,33-34H,4,7-15,32H2,1-3H3,(H,35,36)/t17-,18?,20-,22-,23+,24+,26-,28+,30+,31-/m1/s1. The Balaban J connectivity index is 1.28. The molecule has 0 bridgehead atoms. The van der Waals surface area contributed by atoms with Gasteiger partial charge in [0.25, 0.3) is 0 Å². The highest BCUT2D eigenvalue weighted by atomic mass is 16.5. The minimum Gasteiger partial charge on any atom is -0.507 e. The first-order valence-corrected chi connectivity index (χ1v) is 14.6. The van der Waals surface area contributed by atoms with Gasteiger partial charge in [-0.2, -0.15) is 0 Å². The highest BCUT2D eigenvalue weighted by Gasteiger charge is 2.63. The first-order chi connectivity index (χ1) is 17.9. The number of aliphatic carboxylic acids is 1. The monoisotopic (exact) mass is 527 g/mol. The zero-order valence-electron chi connectivity index (χ0n) is 23.1. The van der Waals surface area contributed by atoms with Gasteiger partial charge in [-0.1, -0.05) is 20.8 Å². The Labute approximate surface area is 226 Å². The summed E-state index contributed by atoms with van der Waals surface area (Å²) in [5, 5.41) is 30.9. The van der Waals surface area contributed by atoms with Crippen molar-refractivity contribution in [3.63, 3.8) is 0 Å². The second kappa shape index (κ2) is 10.0. The van der Waals surface area contributed by atoms with E-state index in [0.717, 1.165) is 57.8 Å². The molecular formula is C31H45NO6. The van der Waals surface area contributed by atoms with Crippen LogP contribution in [0, 0.1) is 46.3 Å². The van der Waals surface area contributed by atoms with Crippen LogP contribution < -0.4 is 5.73 Å². The Morgan fingerprint density at radius 1 is 1.08 bits per heavy atom. The summed E-state index contributed by atoms with van der Waals surface area (Å²) in [5.74, 6) is 1.03. The number of phenolic OH excluding ortho intramolecular Hbond substituents is 1. The van der Waals surface area contributed by atoms with Crippen LogP contribution in [0.4, 0.5) is 5.69 Å². The van der Waals surface area contributed by atoms with Crippen LogP contribution in [0.2, 0.25) is 0 Å². The molecule has 38 heavy (non-hydrogen) atoms. The van der Waals surface area contributed by atoms with Crippen molar-refractivity contribution in [3.8, 4) is 5.75 Å². The van der Waals surface area contributed by atoms with E-state index in [1.807, 2.05) is 0 Å². The third-order valence-electron chi connectivity index (χ3n) is 11.7. The van der Waals surface area contributed by atoms with Crippen LogP contribution in [0.1, 0.15) is 95.3 Å². The number of aromatic hydroxyl groups is 1. The Morgan fingerprint density at radius 2 is 1.79 bits per heavy atom. The number of carbonyl (C=O) groups is 2. The number of nitrogen functional groups attached to an aromatic ring is 1. The number of fused-ring (bicyclic) bond motifs is 5. The predicted molar refractivity (Wildman–Crippen MR) is 144 cm³/mol. The van der Waals surface area contributed by atoms with Crippen LogP contribution in [-0.4, -0.2) is 39.5 Å². The zero-order valence-corrected chi connectivity index (χ0v) is 23.1. The van der Waals surface area contributed by atoms with Gasteiger partial charge < -0.3 is 25.8 Å². The van der Waals surface area contributed by atoms with Crippen molar-refractivity contribution >= 4 is 17.6 Å². The molecular weight excluding hydrogens is 482 g/mol. The number of anilines is 1. The Bertz CT molecular complexity index is 1070. The normalized spacial score (nSPS) is 40.9. The lowest BCUT2D eigenvalue weighted by Gasteiger charge is -2.62. The molecule has 0 saturated heterocycles. The Morgan fingerprint density at radius 3 is 2.50 bits per heavy atom. The molecule has 4 fully saturated rings. The molecule has 1 aromatic rings. The lowest BCUT2D eigenvalue weighted by Crippen LogP contribution is -2.58. The first-order valence-electron chi connectivity index (χ1n) is 14.6. The maximum absolute atomic E-state index is 12.8. The maximum atomic E-state index is 12.8. The van der Waals surface area contributed by atoms with Crippen LogP contribution in [0.5, 0.6) is 5.75 Å². The third kappa shape index (κ3) is 4.59. The summed E-state index contributed by atoms with van der Waals surface area (Å²) >= 11 is 0. The summed E-state index contributed by atoms with van der Waals surface area (Å²) in [4.78, 5) is 24.0. The lowest BCUT2D eigenvalue weighted by atomic mass is 9.43. The number of carboxylic acids is 1. The average Bonchev–Trinajstić information content (AvgIpc) is 3.20. The van der Waals surface area contributed by atoms with Crippen molar-refractivity contribution in [3.05, 3.63) is 23.8 Å². The number of aliphatic hydroxyl groups is 1. The fraction of sp³-hybridized carbons (Fsp3) is 0.742. The van der Waals surface area contributed by atoms with Crippen LogP contribution in [0.15, 0.2) is 18.2 Å². The van der Waals surface area contributed by atoms with Crippen molar-refractivity contribution in [2.24, 2.45) is 46.3 Å². The molecule has 1 unspecified atom stereocenters. The Hall–Kier alpha value is -2.28. The molecule has 0 aromatic heterocycles. The summed E-state index contributed by atoms with van der Waals surface area (Å²) < 4.78 is 5.87. The van der Waals surface area contributed by atoms with E-state index in [9.17, 15) is 24.9 Å². The van der Waals surface area contributed by atoms with Crippen molar-refractivity contribution in [2.45, 2.75) is 97.2 Å². The highest BCUT2D eigenvalue weighted by Crippen LogP contribution is 2.68. The summed E-state index contributed by atoms with van der Waals surface area (Å²) in [7, 11) is 0. The predicted octanol–water partition coefficient (Wildman–Crippen LogP) is 5.63. The number of aliphatic hydroxyl groups excluding tert-OH is 1. The number of ether oxygens (including phenoxy) is 1. The van der Waals surface area contributed by atoms with E-state index in [1.165, 1.54) is 12.1 Å². The molecule has 210 valence electrons. The van der Waals surface area contributed by atoms with Gasteiger partial charge in [-0.15, -0.1) is 0 Å². The van der Waals surface area contributed by atoms with E-state index in [4.69, 9.17) is 10.5 Å². The SMILES string of the molecule is C[C@H](CCC(=O)O)[C@H]1CC[C@H]2[C@@H]3[C@H](O)CC4C[C@H](OC(=O)c5ccc(N)cc5O)CC[C@]4(C)[C@H]3CC[C@]12C. The Kier molecular flexibility index (Phi) is 7.21. The number of esters is 1. The summed E-state index contributed by atoms with van der Waals surface area (Å²) in [6.07, 6.45) is 8.15. The molecule has 7 heteroatoms. The second-order valence-electron chi connectivity index (χ2n) is 13.5. The van der Waals surface area contributed by atoms with Gasteiger partial charge in [0, 0.05) is 18.2 Å².